The number of anilines is 1. The first-order valence-corrected chi connectivity index (χ1v) is 7.39. The summed E-state index contributed by atoms with van der Waals surface area (Å²) in [4.78, 5) is 16.3. The van der Waals surface area contributed by atoms with Crippen molar-refractivity contribution in [3.8, 4) is 11.3 Å². The molecule has 0 spiro atoms. The molecule has 3 rings (SSSR count). The van der Waals surface area contributed by atoms with Crippen LogP contribution < -0.4 is 5.32 Å². The van der Waals surface area contributed by atoms with Gasteiger partial charge in [-0.2, -0.15) is 0 Å². The largest absolute Gasteiger partial charge is 0.326 e. The number of aryl methyl sites for hydroxylation is 1. The number of benzene rings is 1. The zero-order valence-corrected chi connectivity index (χ0v) is 13.0. The van der Waals surface area contributed by atoms with Gasteiger partial charge >= 0.3 is 0 Å². The summed E-state index contributed by atoms with van der Waals surface area (Å²) in [6.07, 6.45) is 4.08. The molecule has 0 aliphatic heterocycles. The number of carbonyl (C=O) groups excluding carboxylic acids is 1. The van der Waals surface area contributed by atoms with Gasteiger partial charge in [0, 0.05) is 29.6 Å². The lowest BCUT2D eigenvalue weighted by Gasteiger charge is -2.07. The van der Waals surface area contributed by atoms with Crippen molar-refractivity contribution in [3.05, 3.63) is 54.4 Å². The molecule has 1 aromatic carbocycles. The van der Waals surface area contributed by atoms with Crippen LogP contribution in [0.3, 0.4) is 0 Å². The smallest absolute Gasteiger partial charge is 0.226 e. The van der Waals surface area contributed by atoms with E-state index in [2.05, 4.69) is 29.5 Å². The van der Waals surface area contributed by atoms with Gasteiger partial charge in [0.25, 0.3) is 0 Å². The first-order valence-electron chi connectivity index (χ1n) is 7.39. The highest BCUT2D eigenvalue weighted by Gasteiger charge is 2.08. The molecule has 0 saturated carbocycles. The Morgan fingerprint density at radius 2 is 1.82 bits per heavy atom. The lowest BCUT2D eigenvalue weighted by Crippen LogP contribution is -2.17. The number of rotatable bonds is 3. The highest BCUT2D eigenvalue weighted by molar-refractivity contribution is 5.92. The molecule has 0 radical (unpaired) electrons. The summed E-state index contributed by atoms with van der Waals surface area (Å²) in [7, 11) is 0. The average molecular weight is 293 g/mol. The normalized spacial score (nSPS) is 11.1. The summed E-state index contributed by atoms with van der Waals surface area (Å²) in [5.74, 6) is -0.00249. The van der Waals surface area contributed by atoms with Crippen LogP contribution in [-0.2, 0) is 4.79 Å². The number of amides is 1. The molecule has 1 amide bonds. The molecule has 0 unspecified atom stereocenters. The molecule has 2 heterocycles. The van der Waals surface area contributed by atoms with Gasteiger partial charge in [-0.25, -0.2) is 4.98 Å². The summed E-state index contributed by atoms with van der Waals surface area (Å²) >= 11 is 0. The summed E-state index contributed by atoms with van der Waals surface area (Å²) in [6.45, 7) is 5.82. The van der Waals surface area contributed by atoms with Gasteiger partial charge in [0.15, 0.2) is 0 Å². The van der Waals surface area contributed by atoms with Crippen LogP contribution in [-0.4, -0.2) is 15.3 Å². The number of hydrogen-bond acceptors (Lipinski definition) is 2. The van der Waals surface area contributed by atoms with Crippen molar-refractivity contribution in [2.75, 3.05) is 5.32 Å². The van der Waals surface area contributed by atoms with Crippen LogP contribution in [0.1, 0.15) is 19.4 Å². The summed E-state index contributed by atoms with van der Waals surface area (Å²) in [6, 6.07) is 11.8. The molecule has 4 heteroatoms. The molecule has 1 N–H and O–H groups in total. The van der Waals surface area contributed by atoms with Gasteiger partial charge in [-0.05, 0) is 30.7 Å². The van der Waals surface area contributed by atoms with Crippen molar-refractivity contribution in [2.45, 2.75) is 20.8 Å². The second-order valence-corrected chi connectivity index (χ2v) is 5.82. The van der Waals surface area contributed by atoms with Crippen LogP contribution in [0, 0.1) is 12.8 Å². The third kappa shape index (κ3) is 2.86. The van der Waals surface area contributed by atoms with E-state index in [1.165, 1.54) is 5.56 Å². The van der Waals surface area contributed by atoms with E-state index in [1.54, 1.807) is 0 Å². The molecule has 4 nitrogen and oxygen atoms in total. The Kier molecular flexibility index (Phi) is 3.67. The van der Waals surface area contributed by atoms with Crippen LogP contribution in [0.5, 0.6) is 0 Å². The van der Waals surface area contributed by atoms with Crippen LogP contribution >= 0.6 is 0 Å². The Morgan fingerprint density at radius 1 is 1.09 bits per heavy atom. The van der Waals surface area contributed by atoms with Gasteiger partial charge in [-0.15, -0.1) is 0 Å². The predicted octanol–water partition coefficient (Wildman–Crippen LogP) is 3.90. The fourth-order valence-corrected chi connectivity index (χ4v) is 2.25. The van der Waals surface area contributed by atoms with Crippen molar-refractivity contribution in [1.29, 1.82) is 0 Å². The SMILES string of the molecule is Cc1ccc2nc(-c3ccc(NC(=O)C(C)C)cc3)cn2c1. The van der Waals surface area contributed by atoms with E-state index in [4.69, 9.17) is 0 Å². The zero-order chi connectivity index (χ0) is 15.7. The van der Waals surface area contributed by atoms with Crippen LogP contribution in [0.4, 0.5) is 5.69 Å². The van der Waals surface area contributed by atoms with Gasteiger partial charge < -0.3 is 9.72 Å². The third-order valence-electron chi connectivity index (χ3n) is 3.57. The minimum absolute atomic E-state index is 0.0240. The highest BCUT2D eigenvalue weighted by atomic mass is 16.1. The number of nitrogens with one attached hydrogen (secondary N) is 1. The molecular formula is C18H19N3O. The fourth-order valence-electron chi connectivity index (χ4n) is 2.25. The van der Waals surface area contributed by atoms with Crippen molar-refractivity contribution in [2.24, 2.45) is 5.92 Å². The molecule has 0 fully saturated rings. The third-order valence-corrected chi connectivity index (χ3v) is 3.57. The van der Waals surface area contributed by atoms with Crippen LogP contribution in [0.25, 0.3) is 16.9 Å². The Balaban J connectivity index is 1.86. The second-order valence-electron chi connectivity index (χ2n) is 5.82. The van der Waals surface area contributed by atoms with Gasteiger partial charge in [0.2, 0.25) is 5.91 Å². The van der Waals surface area contributed by atoms with Crippen LogP contribution in [0.15, 0.2) is 48.8 Å². The fraction of sp³-hybridized carbons (Fsp3) is 0.222. The van der Waals surface area contributed by atoms with E-state index in [0.29, 0.717) is 0 Å². The van der Waals surface area contributed by atoms with Crippen molar-refractivity contribution >= 4 is 17.2 Å². The predicted molar refractivity (Wildman–Crippen MR) is 88.8 cm³/mol. The quantitative estimate of drug-likeness (QED) is 0.796. The lowest BCUT2D eigenvalue weighted by atomic mass is 10.1. The topological polar surface area (TPSA) is 46.4 Å². The minimum Gasteiger partial charge on any atom is -0.326 e. The molecule has 22 heavy (non-hydrogen) atoms. The van der Waals surface area contributed by atoms with Crippen molar-refractivity contribution < 1.29 is 4.79 Å². The molecule has 0 atom stereocenters. The van der Waals surface area contributed by atoms with Gasteiger partial charge in [-0.1, -0.05) is 32.0 Å². The maximum atomic E-state index is 11.7. The van der Waals surface area contributed by atoms with Crippen LogP contribution in [0.2, 0.25) is 0 Å². The minimum atomic E-state index is -0.0265. The van der Waals surface area contributed by atoms with E-state index < -0.39 is 0 Å². The van der Waals surface area contributed by atoms with E-state index in [9.17, 15) is 4.79 Å². The lowest BCUT2D eigenvalue weighted by molar-refractivity contribution is -0.118. The number of nitrogens with zero attached hydrogens (tertiary/aromatic N) is 2. The number of fused-ring (bicyclic) bond motifs is 1. The van der Waals surface area contributed by atoms with E-state index in [-0.39, 0.29) is 11.8 Å². The maximum Gasteiger partial charge on any atom is 0.226 e. The Morgan fingerprint density at radius 3 is 2.50 bits per heavy atom. The molecule has 0 saturated heterocycles. The molecule has 3 aromatic rings. The molecule has 0 bridgehead atoms. The van der Waals surface area contributed by atoms with Crippen molar-refractivity contribution in [1.82, 2.24) is 9.38 Å². The molecule has 0 aliphatic rings. The first kappa shape index (κ1) is 14.3. The molecule has 0 aliphatic carbocycles. The zero-order valence-electron chi connectivity index (χ0n) is 13.0. The number of imidazole rings is 1. The number of hydrogen-bond donors (Lipinski definition) is 1. The van der Waals surface area contributed by atoms with Gasteiger partial charge in [0.05, 0.1) is 5.69 Å². The van der Waals surface area contributed by atoms with E-state index >= 15 is 0 Å². The standard InChI is InChI=1S/C18H19N3O/c1-12(2)18(22)19-15-7-5-14(6-8-15)16-11-21-10-13(3)4-9-17(21)20-16/h4-12H,1-3H3,(H,19,22). The van der Waals surface area contributed by atoms with Gasteiger partial charge in [-0.3, -0.25) is 4.79 Å². The van der Waals surface area contributed by atoms with E-state index in [1.807, 2.05) is 54.8 Å². The average Bonchev–Trinajstić information content (AvgIpc) is 2.90. The van der Waals surface area contributed by atoms with E-state index in [0.717, 1.165) is 22.6 Å². The highest BCUT2D eigenvalue weighted by Crippen LogP contribution is 2.21. The summed E-state index contributed by atoms with van der Waals surface area (Å²) < 4.78 is 2.03. The number of aromatic nitrogens is 2. The Hall–Kier alpha value is -2.62. The maximum absolute atomic E-state index is 11.7. The van der Waals surface area contributed by atoms with Gasteiger partial charge in [0.1, 0.15) is 5.65 Å². The molecule has 112 valence electrons. The molecular weight excluding hydrogens is 274 g/mol. The number of pyridine rings is 1. The molecule has 2 aromatic heterocycles. The second kappa shape index (κ2) is 5.64. The first-order chi connectivity index (χ1) is 10.5. The number of carbonyl (C=O) groups is 1. The monoisotopic (exact) mass is 293 g/mol. The summed E-state index contributed by atoms with van der Waals surface area (Å²) in [5.41, 5.74) is 4.89. The Labute approximate surface area is 129 Å². The summed E-state index contributed by atoms with van der Waals surface area (Å²) in [5, 5.41) is 2.89. The Bertz CT molecular complexity index is 816. The van der Waals surface area contributed by atoms with Crippen molar-refractivity contribution in [3.63, 3.8) is 0 Å².